The fourth-order valence-electron chi connectivity index (χ4n) is 1.86. The normalized spacial score (nSPS) is 11.6. The minimum atomic E-state index is -1.16. The van der Waals surface area contributed by atoms with E-state index in [1.54, 1.807) is 6.07 Å². The van der Waals surface area contributed by atoms with Crippen LogP contribution in [0.4, 0.5) is 0 Å². The van der Waals surface area contributed by atoms with Crippen molar-refractivity contribution in [2.75, 3.05) is 0 Å². The van der Waals surface area contributed by atoms with Gasteiger partial charge in [0.1, 0.15) is 5.75 Å². The summed E-state index contributed by atoms with van der Waals surface area (Å²) in [6, 6.07) is 6.56. The first kappa shape index (κ1) is 14.1. The minimum Gasteiger partial charge on any atom is -0.507 e. The first-order chi connectivity index (χ1) is 9.35. The maximum Gasteiger partial charge on any atom is 0.358 e. The fourth-order valence-corrected chi connectivity index (χ4v) is 1.86. The molecule has 0 radical (unpaired) electrons. The third kappa shape index (κ3) is 2.52. The van der Waals surface area contributed by atoms with Gasteiger partial charge in [0.15, 0.2) is 11.5 Å². The molecule has 0 saturated carbocycles. The lowest BCUT2D eigenvalue weighted by Crippen LogP contribution is -2.15. The number of rotatable bonds is 4. The molecule has 0 bridgehead atoms. The van der Waals surface area contributed by atoms with Crippen molar-refractivity contribution in [3.8, 4) is 17.1 Å². The van der Waals surface area contributed by atoms with Crippen LogP contribution < -0.4 is 0 Å². The highest BCUT2D eigenvalue weighted by atomic mass is 16.5. The summed E-state index contributed by atoms with van der Waals surface area (Å²) in [6.07, 6.45) is 0.938. The Labute approximate surface area is 116 Å². The Balaban J connectivity index is 2.50. The molecule has 2 N–H and O–H groups in total. The predicted molar refractivity (Wildman–Crippen MR) is 73.9 cm³/mol. The van der Waals surface area contributed by atoms with E-state index in [4.69, 9.17) is 9.63 Å². The molecule has 1 aromatic heterocycles. The SMILES string of the molecule is CCC(C)(C)c1ccc(O)c(-c2cc(C(=O)O)no2)c1. The van der Waals surface area contributed by atoms with E-state index in [9.17, 15) is 9.90 Å². The average molecular weight is 275 g/mol. The van der Waals surface area contributed by atoms with Gasteiger partial charge in [-0.1, -0.05) is 32.0 Å². The van der Waals surface area contributed by atoms with E-state index in [-0.39, 0.29) is 22.6 Å². The van der Waals surface area contributed by atoms with E-state index in [1.807, 2.05) is 12.1 Å². The van der Waals surface area contributed by atoms with Crippen molar-refractivity contribution in [3.63, 3.8) is 0 Å². The molecule has 2 rings (SSSR count). The molecular formula is C15H17NO4. The van der Waals surface area contributed by atoms with Gasteiger partial charge >= 0.3 is 5.97 Å². The van der Waals surface area contributed by atoms with E-state index in [2.05, 4.69) is 25.9 Å². The lowest BCUT2D eigenvalue weighted by molar-refractivity contribution is 0.0686. The zero-order valence-electron chi connectivity index (χ0n) is 11.7. The summed E-state index contributed by atoms with van der Waals surface area (Å²) in [5.74, 6) is -0.882. The number of carbonyl (C=O) groups is 1. The van der Waals surface area contributed by atoms with Crippen molar-refractivity contribution in [3.05, 3.63) is 35.5 Å². The zero-order chi connectivity index (χ0) is 14.9. The van der Waals surface area contributed by atoms with Crippen LogP contribution in [0, 0.1) is 0 Å². The number of aromatic carboxylic acids is 1. The number of aromatic hydroxyl groups is 1. The van der Waals surface area contributed by atoms with Crippen LogP contribution in [0.3, 0.4) is 0 Å². The van der Waals surface area contributed by atoms with E-state index in [0.717, 1.165) is 12.0 Å². The number of carboxylic acids is 1. The lowest BCUT2D eigenvalue weighted by atomic mass is 9.81. The number of benzene rings is 1. The molecule has 0 atom stereocenters. The molecule has 2 aromatic rings. The van der Waals surface area contributed by atoms with Crippen LogP contribution in [0.2, 0.25) is 0 Å². The van der Waals surface area contributed by atoms with Gasteiger partial charge in [-0.2, -0.15) is 0 Å². The Hall–Kier alpha value is -2.30. The fraction of sp³-hybridized carbons (Fsp3) is 0.333. The molecule has 0 unspecified atom stereocenters. The summed E-state index contributed by atoms with van der Waals surface area (Å²) in [4.78, 5) is 10.8. The van der Waals surface area contributed by atoms with Crippen LogP contribution in [-0.2, 0) is 5.41 Å². The molecule has 5 nitrogen and oxygen atoms in total. The number of nitrogens with zero attached hydrogens (tertiary/aromatic N) is 1. The molecule has 5 heteroatoms. The van der Waals surface area contributed by atoms with Gasteiger partial charge in [-0.15, -0.1) is 0 Å². The molecule has 0 fully saturated rings. The second-order valence-electron chi connectivity index (χ2n) is 5.35. The second kappa shape index (κ2) is 5.00. The van der Waals surface area contributed by atoms with Crippen molar-refractivity contribution in [1.82, 2.24) is 5.16 Å². The first-order valence-electron chi connectivity index (χ1n) is 6.39. The predicted octanol–water partition coefficient (Wildman–Crippen LogP) is 3.43. The molecule has 0 aliphatic heterocycles. The molecule has 0 amide bonds. The van der Waals surface area contributed by atoms with Gasteiger partial charge in [-0.25, -0.2) is 4.79 Å². The van der Waals surface area contributed by atoms with Gasteiger partial charge in [-0.05, 0) is 29.5 Å². The van der Waals surface area contributed by atoms with E-state index < -0.39 is 5.97 Å². The van der Waals surface area contributed by atoms with Gasteiger partial charge in [0.25, 0.3) is 0 Å². The maximum atomic E-state index is 10.8. The lowest BCUT2D eigenvalue weighted by Gasteiger charge is -2.23. The van der Waals surface area contributed by atoms with E-state index in [1.165, 1.54) is 6.07 Å². The molecular weight excluding hydrogens is 258 g/mol. The topological polar surface area (TPSA) is 83.6 Å². The van der Waals surface area contributed by atoms with Crippen molar-refractivity contribution in [1.29, 1.82) is 0 Å². The molecule has 1 aromatic carbocycles. The molecule has 0 aliphatic carbocycles. The molecule has 106 valence electrons. The molecule has 0 aliphatic rings. The summed E-state index contributed by atoms with van der Waals surface area (Å²) in [6.45, 7) is 6.29. The maximum absolute atomic E-state index is 10.8. The van der Waals surface area contributed by atoms with Crippen molar-refractivity contribution in [2.24, 2.45) is 0 Å². The highest BCUT2D eigenvalue weighted by molar-refractivity contribution is 5.86. The highest BCUT2D eigenvalue weighted by Crippen LogP contribution is 2.35. The number of phenols is 1. The van der Waals surface area contributed by atoms with Crippen LogP contribution >= 0.6 is 0 Å². The number of hydrogen-bond acceptors (Lipinski definition) is 4. The Morgan fingerprint density at radius 3 is 2.60 bits per heavy atom. The monoisotopic (exact) mass is 275 g/mol. The smallest absolute Gasteiger partial charge is 0.358 e. The van der Waals surface area contributed by atoms with Gasteiger partial charge < -0.3 is 14.7 Å². The average Bonchev–Trinajstić information content (AvgIpc) is 2.88. The summed E-state index contributed by atoms with van der Waals surface area (Å²) in [5.41, 5.74) is 1.27. The quantitative estimate of drug-likeness (QED) is 0.893. The Morgan fingerprint density at radius 2 is 2.05 bits per heavy atom. The second-order valence-corrected chi connectivity index (χ2v) is 5.35. The van der Waals surface area contributed by atoms with Crippen molar-refractivity contribution < 1.29 is 19.5 Å². The summed E-state index contributed by atoms with van der Waals surface area (Å²) < 4.78 is 5.00. The number of phenolic OH excluding ortho intramolecular Hbond substituents is 1. The Bertz CT molecular complexity index is 643. The largest absolute Gasteiger partial charge is 0.507 e. The van der Waals surface area contributed by atoms with Crippen LogP contribution in [0.1, 0.15) is 43.2 Å². The molecule has 1 heterocycles. The highest BCUT2D eigenvalue weighted by Gasteiger charge is 2.21. The summed E-state index contributed by atoms with van der Waals surface area (Å²) in [5, 5.41) is 22.3. The Morgan fingerprint density at radius 1 is 1.35 bits per heavy atom. The van der Waals surface area contributed by atoms with E-state index >= 15 is 0 Å². The minimum absolute atomic E-state index is 0.0359. The summed E-state index contributed by atoms with van der Waals surface area (Å²) >= 11 is 0. The van der Waals surface area contributed by atoms with Gasteiger partial charge in [0.05, 0.1) is 5.56 Å². The summed E-state index contributed by atoms with van der Waals surface area (Å²) in [7, 11) is 0. The number of carboxylic acid groups (broad SMARTS) is 1. The van der Waals surface area contributed by atoms with E-state index in [0.29, 0.717) is 5.56 Å². The first-order valence-corrected chi connectivity index (χ1v) is 6.39. The van der Waals surface area contributed by atoms with Crippen molar-refractivity contribution >= 4 is 5.97 Å². The third-order valence-corrected chi connectivity index (χ3v) is 3.66. The number of aromatic nitrogens is 1. The molecule has 20 heavy (non-hydrogen) atoms. The van der Waals surface area contributed by atoms with Crippen LogP contribution in [0.5, 0.6) is 5.75 Å². The van der Waals surface area contributed by atoms with Crippen LogP contribution in [0.15, 0.2) is 28.8 Å². The number of hydrogen-bond donors (Lipinski definition) is 2. The van der Waals surface area contributed by atoms with Crippen LogP contribution in [-0.4, -0.2) is 21.3 Å². The van der Waals surface area contributed by atoms with Crippen LogP contribution in [0.25, 0.3) is 11.3 Å². The van der Waals surface area contributed by atoms with Gasteiger partial charge in [0.2, 0.25) is 0 Å². The third-order valence-electron chi connectivity index (χ3n) is 3.66. The van der Waals surface area contributed by atoms with Gasteiger partial charge in [-0.3, -0.25) is 0 Å². The standard InChI is InChI=1S/C15H17NO4/c1-4-15(2,3)9-5-6-12(17)10(7-9)13-8-11(14(18)19)16-20-13/h5-8,17H,4H2,1-3H3,(H,18,19). The van der Waals surface area contributed by atoms with Gasteiger partial charge in [0, 0.05) is 6.07 Å². The van der Waals surface area contributed by atoms with Crippen molar-refractivity contribution in [2.45, 2.75) is 32.6 Å². The Kier molecular flexibility index (Phi) is 3.53. The molecule has 0 saturated heterocycles. The molecule has 0 spiro atoms. The zero-order valence-corrected chi connectivity index (χ0v) is 11.7.